The van der Waals surface area contributed by atoms with Crippen LogP contribution in [0.25, 0.3) is 11.3 Å². The molecule has 2 N–H and O–H groups in total. The number of aromatic nitrogens is 2. The summed E-state index contributed by atoms with van der Waals surface area (Å²) in [6, 6.07) is 6.37. The van der Waals surface area contributed by atoms with Gasteiger partial charge >= 0.3 is 0 Å². The van der Waals surface area contributed by atoms with E-state index in [1.165, 1.54) is 12.1 Å². The monoisotopic (exact) mass is 219 g/mol. The molecule has 1 heterocycles. The number of halogens is 1. The molecule has 84 valence electrons. The highest BCUT2D eigenvalue weighted by Crippen LogP contribution is 2.23. The van der Waals surface area contributed by atoms with Crippen molar-refractivity contribution in [1.29, 1.82) is 0 Å². The summed E-state index contributed by atoms with van der Waals surface area (Å²) >= 11 is 0. The van der Waals surface area contributed by atoms with Crippen LogP contribution in [0.5, 0.6) is 0 Å². The highest BCUT2D eigenvalue weighted by Gasteiger charge is 2.11. The Balaban J connectivity index is 2.43. The van der Waals surface area contributed by atoms with E-state index in [-0.39, 0.29) is 5.82 Å². The quantitative estimate of drug-likeness (QED) is 0.831. The molecule has 0 atom stereocenters. The second-order valence-electron chi connectivity index (χ2n) is 3.71. The van der Waals surface area contributed by atoms with E-state index in [1.807, 2.05) is 14.0 Å². The molecule has 1 aromatic heterocycles. The van der Waals surface area contributed by atoms with E-state index in [2.05, 4.69) is 15.5 Å². The number of nitrogens with zero attached hydrogens (tertiary/aromatic N) is 1. The topological polar surface area (TPSA) is 40.7 Å². The smallest absolute Gasteiger partial charge is 0.123 e. The Morgan fingerprint density at radius 3 is 2.62 bits per heavy atom. The first kappa shape index (κ1) is 10.8. The van der Waals surface area contributed by atoms with Gasteiger partial charge in [-0.3, -0.25) is 5.10 Å². The Morgan fingerprint density at radius 2 is 2.00 bits per heavy atom. The van der Waals surface area contributed by atoms with Crippen LogP contribution in [0.3, 0.4) is 0 Å². The first-order valence-electron chi connectivity index (χ1n) is 5.16. The van der Waals surface area contributed by atoms with Gasteiger partial charge in [-0.05, 0) is 38.2 Å². The fraction of sp³-hybridized carbons (Fsp3) is 0.250. The predicted octanol–water partition coefficient (Wildman–Crippen LogP) is 2.24. The van der Waals surface area contributed by atoms with Gasteiger partial charge in [-0.1, -0.05) is 0 Å². The van der Waals surface area contributed by atoms with E-state index in [1.54, 1.807) is 12.1 Å². The van der Waals surface area contributed by atoms with Crippen molar-refractivity contribution in [2.75, 3.05) is 7.05 Å². The lowest BCUT2D eigenvalue weighted by atomic mass is 10.1. The van der Waals surface area contributed by atoms with Crippen molar-refractivity contribution >= 4 is 0 Å². The molecule has 16 heavy (non-hydrogen) atoms. The van der Waals surface area contributed by atoms with Crippen LogP contribution in [0.1, 0.15) is 11.3 Å². The van der Waals surface area contributed by atoms with Crippen molar-refractivity contribution in [3.63, 3.8) is 0 Å². The highest BCUT2D eigenvalue weighted by atomic mass is 19.1. The lowest BCUT2D eigenvalue weighted by Crippen LogP contribution is -2.06. The molecule has 1 aromatic carbocycles. The summed E-state index contributed by atoms with van der Waals surface area (Å²) in [5.41, 5.74) is 3.96. The van der Waals surface area contributed by atoms with Crippen LogP contribution in [0.2, 0.25) is 0 Å². The maximum absolute atomic E-state index is 12.8. The predicted molar refractivity (Wildman–Crippen MR) is 61.5 cm³/mol. The highest BCUT2D eigenvalue weighted by molar-refractivity contribution is 5.63. The molecular weight excluding hydrogens is 205 g/mol. The summed E-state index contributed by atoms with van der Waals surface area (Å²) in [5.74, 6) is -0.230. The lowest BCUT2D eigenvalue weighted by molar-refractivity contribution is 0.628. The molecule has 0 aliphatic heterocycles. The lowest BCUT2D eigenvalue weighted by Gasteiger charge is -2.03. The van der Waals surface area contributed by atoms with E-state index in [9.17, 15) is 4.39 Å². The first-order chi connectivity index (χ1) is 7.72. The molecule has 0 saturated heterocycles. The minimum absolute atomic E-state index is 0.230. The summed E-state index contributed by atoms with van der Waals surface area (Å²) in [5, 5.41) is 10.3. The third kappa shape index (κ3) is 1.97. The van der Waals surface area contributed by atoms with Crippen LogP contribution in [0, 0.1) is 12.7 Å². The fourth-order valence-electron chi connectivity index (χ4n) is 1.69. The molecule has 4 heteroatoms. The summed E-state index contributed by atoms with van der Waals surface area (Å²) in [7, 11) is 1.89. The van der Waals surface area contributed by atoms with Crippen LogP contribution in [0.15, 0.2) is 24.3 Å². The van der Waals surface area contributed by atoms with E-state index < -0.39 is 0 Å². The Kier molecular flexibility index (Phi) is 3.01. The van der Waals surface area contributed by atoms with Crippen LogP contribution < -0.4 is 5.32 Å². The van der Waals surface area contributed by atoms with Crippen LogP contribution in [0.4, 0.5) is 4.39 Å². The standard InChI is InChI=1S/C12H14FN3/c1-8-11(7-14-2)12(16-15-8)9-3-5-10(13)6-4-9/h3-6,14H,7H2,1-2H3,(H,15,16). The summed E-state index contributed by atoms with van der Waals surface area (Å²) in [4.78, 5) is 0. The van der Waals surface area contributed by atoms with Crippen molar-refractivity contribution in [1.82, 2.24) is 15.5 Å². The molecule has 0 radical (unpaired) electrons. The van der Waals surface area contributed by atoms with E-state index >= 15 is 0 Å². The number of hydrogen-bond acceptors (Lipinski definition) is 2. The fourth-order valence-corrected chi connectivity index (χ4v) is 1.69. The number of H-pyrrole nitrogens is 1. The molecular formula is C12H14FN3. The molecule has 3 nitrogen and oxygen atoms in total. The largest absolute Gasteiger partial charge is 0.316 e. The number of nitrogens with one attached hydrogen (secondary N) is 2. The van der Waals surface area contributed by atoms with Gasteiger partial charge in [0.05, 0.1) is 5.69 Å². The molecule has 0 amide bonds. The third-order valence-corrected chi connectivity index (χ3v) is 2.55. The Morgan fingerprint density at radius 1 is 1.31 bits per heavy atom. The average Bonchev–Trinajstić information content (AvgIpc) is 2.63. The van der Waals surface area contributed by atoms with Crippen molar-refractivity contribution in [3.05, 3.63) is 41.3 Å². The van der Waals surface area contributed by atoms with Gasteiger partial charge < -0.3 is 5.32 Å². The zero-order valence-corrected chi connectivity index (χ0v) is 9.34. The van der Waals surface area contributed by atoms with Crippen LogP contribution in [-0.2, 0) is 6.54 Å². The van der Waals surface area contributed by atoms with Gasteiger partial charge in [0.25, 0.3) is 0 Å². The van der Waals surface area contributed by atoms with Crippen molar-refractivity contribution < 1.29 is 4.39 Å². The van der Waals surface area contributed by atoms with Crippen LogP contribution in [-0.4, -0.2) is 17.2 Å². The molecule has 0 unspecified atom stereocenters. The number of rotatable bonds is 3. The van der Waals surface area contributed by atoms with Gasteiger partial charge in [-0.15, -0.1) is 0 Å². The molecule has 2 aromatic rings. The van der Waals surface area contributed by atoms with Gasteiger partial charge in [-0.25, -0.2) is 4.39 Å². The number of aryl methyl sites for hydroxylation is 1. The van der Waals surface area contributed by atoms with Gasteiger partial charge in [0, 0.05) is 23.4 Å². The number of aromatic amines is 1. The minimum atomic E-state index is -0.230. The molecule has 2 rings (SSSR count). The summed E-state index contributed by atoms with van der Waals surface area (Å²) in [6.45, 7) is 2.72. The zero-order chi connectivity index (χ0) is 11.5. The third-order valence-electron chi connectivity index (χ3n) is 2.55. The normalized spacial score (nSPS) is 10.7. The maximum atomic E-state index is 12.8. The Hall–Kier alpha value is -1.68. The molecule has 0 fully saturated rings. The van der Waals surface area contributed by atoms with Crippen molar-refractivity contribution in [3.8, 4) is 11.3 Å². The van der Waals surface area contributed by atoms with Crippen molar-refractivity contribution in [2.24, 2.45) is 0 Å². The van der Waals surface area contributed by atoms with E-state index in [0.29, 0.717) is 0 Å². The summed E-state index contributed by atoms with van der Waals surface area (Å²) < 4.78 is 12.8. The van der Waals surface area contributed by atoms with Crippen molar-refractivity contribution in [2.45, 2.75) is 13.5 Å². The first-order valence-corrected chi connectivity index (χ1v) is 5.16. The number of hydrogen-bond donors (Lipinski definition) is 2. The Labute approximate surface area is 93.7 Å². The Bertz CT molecular complexity index is 474. The summed E-state index contributed by atoms with van der Waals surface area (Å²) in [6.07, 6.45) is 0. The van der Waals surface area contributed by atoms with E-state index in [0.717, 1.165) is 29.1 Å². The van der Waals surface area contributed by atoms with E-state index in [4.69, 9.17) is 0 Å². The molecule has 0 aliphatic carbocycles. The number of benzene rings is 1. The van der Waals surface area contributed by atoms with Gasteiger partial charge in [-0.2, -0.15) is 5.10 Å². The SMILES string of the molecule is CNCc1c(-c2ccc(F)cc2)n[nH]c1C. The second-order valence-corrected chi connectivity index (χ2v) is 3.71. The average molecular weight is 219 g/mol. The molecule has 0 saturated carbocycles. The molecule has 0 aliphatic rings. The molecule has 0 bridgehead atoms. The van der Waals surface area contributed by atoms with Crippen LogP contribution >= 0.6 is 0 Å². The zero-order valence-electron chi connectivity index (χ0n) is 9.34. The molecule has 0 spiro atoms. The van der Waals surface area contributed by atoms with Gasteiger partial charge in [0.15, 0.2) is 0 Å². The minimum Gasteiger partial charge on any atom is -0.316 e. The second kappa shape index (κ2) is 4.45. The van der Waals surface area contributed by atoms with Gasteiger partial charge in [0.1, 0.15) is 5.82 Å². The maximum Gasteiger partial charge on any atom is 0.123 e. The van der Waals surface area contributed by atoms with Gasteiger partial charge in [0.2, 0.25) is 0 Å².